The van der Waals surface area contributed by atoms with E-state index in [1.54, 1.807) is 11.8 Å². The number of nitrogens with zero attached hydrogens (tertiary/aromatic N) is 1. The van der Waals surface area contributed by atoms with Gasteiger partial charge in [0, 0.05) is 39.6 Å². The normalized spacial score (nSPS) is 10.9. The molecule has 2 aromatic carbocycles. The highest BCUT2D eigenvalue weighted by Crippen LogP contribution is 2.37. The molecule has 3 heteroatoms. The van der Waals surface area contributed by atoms with E-state index in [-0.39, 0.29) is 0 Å². The van der Waals surface area contributed by atoms with Crippen LogP contribution in [0.2, 0.25) is 0 Å². The molecule has 0 fully saturated rings. The first-order valence-electron chi connectivity index (χ1n) is 5.82. The van der Waals surface area contributed by atoms with Gasteiger partial charge in [-0.2, -0.15) is 0 Å². The molecule has 0 amide bonds. The Bertz CT molecular complexity index is 686. The van der Waals surface area contributed by atoms with Crippen LogP contribution in [0.25, 0.3) is 10.9 Å². The van der Waals surface area contributed by atoms with E-state index < -0.39 is 0 Å². The van der Waals surface area contributed by atoms with Crippen LogP contribution in [-0.2, 0) is 7.05 Å². The number of fused-ring (bicyclic) bond motifs is 1. The van der Waals surface area contributed by atoms with Crippen molar-refractivity contribution >= 4 is 28.4 Å². The van der Waals surface area contributed by atoms with E-state index in [2.05, 4.69) is 42.1 Å². The van der Waals surface area contributed by atoms with Gasteiger partial charge in [-0.1, -0.05) is 30.0 Å². The fourth-order valence-corrected chi connectivity index (χ4v) is 3.06. The number of benzene rings is 2. The molecule has 1 heterocycles. The molecule has 0 aliphatic carbocycles. The van der Waals surface area contributed by atoms with Crippen LogP contribution in [-0.4, -0.2) is 4.57 Å². The summed E-state index contributed by atoms with van der Waals surface area (Å²) in [7, 11) is 2.05. The number of hydrogen-bond donors (Lipinski definition) is 1. The van der Waals surface area contributed by atoms with Gasteiger partial charge in [-0.05, 0) is 30.3 Å². The third kappa shape index (κ3) is 1.87. The molecule has 3 aromatic rings. The largest absolute Gasteiger partial charge is 0.398 e. The molecule has 0 aliphatic heterocycles. The maximum absolute atomic E-state index is 6.11. The molecule has 0 bridgehead atoms. The molecule has 1 aromatic heterocycles. The van der Waals surface area contributed by atoms with Gasteiger partial charge in [-0.25, -0.2) is 0 Å². The smallest absolute Gasteiger partial charge is 0.0490 e. The lowest BCUT2D eigenvalue weighted by molar-refractivity contribution is 0.969. The average molecular weight is 254 g/mol. The standard InChI is InChI=1S/C15H14N2S/c1-17-10-9-12-14(17)8-7-13(16)15(12)18-11-5-3-2-4-6-11/h2-10H,16H2,1H3. The van der Waals surface area contributed by atoms with Gasteiger partial charge < -0.3 is 10.3 Å². The molecule has 3 rings (SSSR count). The Morgan fingerprint density at radius 3 is 2.56 bits per heavy atom. The summed E-state index contributed by atoms with van der Waals surface area (Å²) >= 11 is 1.72. The lowest BCUT2D eigenvalue weighted by atomic mass is 10.2. The van der Waals surface area contributed by atoms with Gasteiger partial charge in [-0.3, -0.25) is 0 Å². The van der Waals surface area contributed by atoms with Crippen molar-refractivity contribution in [2.45, 2.75) is 9.79 Å². The van der Waals surface area contributed by atoms with Gasteiger partial charge in [0.05, 0.1) is 0 Å². The van der Waals surface area contributed by atoms with E-state index in [1.807, 2.05) is 24.3 Å². The van der Waals surface area contributed by atoms with Crippen LogP contribution in [0.15, 0.2) is 64.5 Å². The minimum Gasteiger partial charge on any atom is -0.398 e. The fourth-order valence-electron chi connectivity index (χ4n) is 2.06. The Hall–Kier alpha value is -1.87. The van der Waals surface area contributed by atoms with Crippen molar-refractivity contribution in [2.75, 3.05) is 5.73 Å². The molecular formula is C15H14N2S. The van der Waals surface area contributed by atoms with E-state index in [0.29, 0.717) is 0 Å². The average Bonchev–Trinajstić information content (AvgIpc) is 2.76. The molecule has 0 saturated carbocycles. The van der Waals surface area contributed by atoms with Gasteiger partial charge in [-0.15, -0.1) is 0 Å². The molecule has 2 nitrogen and oxygen atoms in total. The summed E-state index contributed by atoms with van der Waals surface area (Å²) in [5.41, 5.74) is 8.16. The zero-order valence-corrected chi connectivity index (χ0v) is 10.9. The lowest BCUT2D eigenvalue weighted by Crippen LogP contribution is -1.90. The van der Waals surface area contributed by atoms with Crippen LogP contribution in [0, 0.1) is 0 Å². The fraction of sp³-hybridized carbons (Fsp3) is 0.0667. The molecule has 0 radical (unpaired) electrons. The van der Waals surface area contributed by atoms with Crippen LogP contribution in [0.4, 0.5) is 5.69 Å². The van der Waals surface area contributed by atoms with Crippen molar-refractivity contribution in [3.8, 4) is 0 Å². The molecule has 0 aliphatic rings. The number of hydrogen-bond acceptors (Lipinski definition) is 2. The summed E-state index contributed by atoms with van der Waals surface area (Å²) in [5.74, 6) is 0. The van der Waals surface area contributed by atoms with Crippen LogP contribution < -0.4 is 5.73 Å². The van der Waals surface area contributed by atoms with E-state index in [0.717, 1.165) is 10.6 Å². The predicted octanol–water partition coefficient (Wildman–Crippen LogP) is 3.91. The highest BCUT2D eigenvalue weighted by Gasteiger charge is 2.09. The highest BCUT2D eigenvalue weighted by molar-refractivity contribution is 7.99. The number of nitrogen functional groups attached to an aromatic ring is 1. The zero-order valence-electron chi connectivity index (χ0n) is 10.1. The van der Waals surface area contributed by atoms with Crippen molar-refractivity contribution in [3.63, 3.8) is 0 Å². The Morgan fingerprint density at radius 2 is 1.78 bits per heavy atom. The zero-order chi connectivity index (χ0) is 12.5. The van der Waals surface area contributed by atoms with E-state index in [4.69, 9.17) is 5.73 Å². The second-order valence-electron chi connectivity index (χ2n) is 4.26. The van der Waals surface area contributed by atoms with Gasteiger partial charge in [0.25, 0.3) is 0 Å². The minimum atomic E-state index is 0.836. The van der Waals surface area contributed by atoms with Crippen LogP contribution in [0.1, 0.15) is 0 Å². The first-order valence-corrected chi connectivity index (χ1v) is 6.64. The molecule has 0 unspecified atom stereocenters. The summed E-state index contributed by atoms with van der Waals surface area (Å²) in [6.45, 7) is 0. The van der Waals surface area contributed by atoms with Crippen LogP contribution in [0.5, 0.6) is 0 Å². The number of aromatic nitrogens is 1. The molecule has 90 valence electrons. The summed E-state index contributed by atoms with van der Waals surface area (Å²) in [4.78, 5) is 2.35. The lowest BCUT2D eigenvalue weighted by Gasteiger charge is -2.08. The third-order valence-electron chi connectivity index (χ3n) is 3.01. The Labute approximate surface area is 110 Å². The van der Waals surface area contributed by atoms with E-state index in [1.165, 1.54) is 15.8 Å². The van der Waals surface area contributed by atoms with Crippen molar-refractivity contribution in [1.82, 2.24) is 4.57 Å². The summed E-state index contributed by atoms with van der Waals surface area (Å²) in [5, 5.41) is 1.21. The maximum atomic E-state index is 6.11. The number of anilines is 1. The number of aryl methyl sites for hydroxylation is 1. The first-order chi connectivity index (χ1) is 8.75. The van der Waals surface area contributed by atoms with Crippen LogP contribution in [0.3, 0.4) is 0 Å². The van der Waals surface area contributed by atoms with Crippen molar-refractivity contribution in [1.29, 1.82) is 0 Å². The second kappa shape index (κ2) is 4.42. The molecule has 18 heavy (non-hydrogen) atoms. The highest BCUT2D eigenvalue weighted by atomic mass is 32.2. The second-order valence-corrected chi connectivity index (χ2v) is 5.34. The summed E-state index contributed by atoms with van der Waals surface area (Å²) in [6, 6.07) is 16.5. The number of rotatable bonds is 2. The summed E-state index contributed by atoms with van der Waals surface area (Å²) in [6.07, 6.45) is 2.07. The van der Waals surface area contributed by atoms with Crippen molar-refractivity contribution < 1.29 is 0 Å². The van der Waals surface area contributed by atoms with Gasteiger partial charge in [0.15, 0.2) is 0 Å². The number of nitrogens with two attached hydrogens (primary N) is 1. The monoisotopic (exact) mass is 254 g/mol. The quantitative estimate of drug-likeness (QED) is 0.703. The molecule has 0 saturated heterocycles. The van der Waals surface area contributed by atoms with Gasteiger partial charge in [0.2, 0.25) is 0 Å². The molecule has 0 atom stereocenters. The Kier molecular flexibility index (Phi) is 2.76. The van der Waals surface area contributed by atoms with Gasteiger partial charge in [0.1, 0.15) is 0 Å². The molecule has 2 N–H and O–H groups in total. The SMILES string of the molecule is Cn1ccc2c(Sc3ccccc3)c(N)ccc21. The van der Waals surface area contributed by atoms with E-state index in [9.17, 15) is 0 Å². The topological polar surface area (TPSA) is 30.9 Å². The predicted molar refractivity (Wildman–Crippen MR) is 77.9 cm³/mol. The van der Waals surface area contributed by atoms with Gasteiger partial charge >= 0.3 is 0 Å². The molecular weight excluding hydrogens is 240 g/mol. The van der Waals surface area contributed by atoms with Crippen molar-refractivity contribution in [3.05, 3.63) is 54.7 Å². The van der Waals surface area contributed by atoms with Crippen LogP contribution >= 0.6 is 11.8 Å². The third-order valence-corrected chi connectivity index (χ3v) is 4.18. The first kappa shape index (κ1) is 11.2. The maximum Gasteiger partial charge on any atom is 0.0490 e. The minimum absolute atomic E-state index is 0.836. The molecule has 0 spiro atoms. The van der Waals surface area contributed by atoms with E-state index >= 15 is 0 Å². The van der Waals surface area contributed by atoms with Crippen molar-refractivity contribution in [2.24, 2.45) is 7.05 Å². The summed E-state index contributed by atoms with van der Waals surface area (Å²) < 4.78 is 2.11. The Balaban J connectivity index is 2.13. The Morgan fingerprint density at radius 1 is 1.00 bits per heavy atom.